The van der Waals surface area contributed by atoms with Crippen LogP contribution in [0.1, 0.15) is 198 Å². The van der Waals surface area contributed by atoms with Crippen molar-refractivity contribution in [3.05, 3.63) is 403 Å². The highest BCUT2D eigenvalue weighted by Crippen LogP contribution is 2.57. The number of nitrogens with zero attached hydrogens (tertiary/aromatic N) is 4. The van der Waals surface area contributed by atoms with Gasteiger partial charge < -0.3 is 18.9 Å². The normalized spacial score (nSPS) is 14.7. The van der Waals surface area contributed by atoms with Crippen LogP contribution in [0.5, 0.6) is 0 Å². The van der Waals surface area contributed by atoms with Gasteiger partial charge in [0.2, 0.25) is 0 Å². The fraction of sp³-hybridized carbons (Fsp3) is 0.255. The molecule has 2 aliphatic heterocycles. The van der Waals surface area contributed by atoms with Gasteiger partial charge in [0.15, 0.2) is 0 Å². The molecule has 0 fully saturated rings. The van der Waals surface area contributed by atoms with E-state index in [0.717, 1.165) is 183 Å². The highest BCUT2D eigenvalue weighted by molar-refractivity contribution is 7.00. The minimum atomic E-state index is -2.18. The van der Waals surface area contributed by atoms with Crippen LogP contribution in [0.4, 0.5) is 34.1 Å². The van der Waals surface area contributed by atoms with E-state index in [1.54, 1.807) is 0 Å². The number of hydrogen-bond acceptors (Lipinski definition) is 2. The third kappa shape index (κ3) is 19.3. The highest BCUT2D eigenvalue weighted by atomic mass is 15.2. The first-order valence-corrected chi connectivity index (χ1v) is 50.8. The molecule has 5 heteroatoms. The average Bonchev–Trinajstić information content (AvgIpc) is 0.742. The Morgan fingerprint density at radius 2 is 0.458 bits per heavy atom. The van der Waals surface area contributed by atoms with Crippen molar-refractivity contribution in [1.29, 1.82) is 0 Å². The number of benzene rings is 17. The predicted molar refractivity (Wildman–Crippen MR) is 615 cm³/mol. The van der Waals surface area contributed by atoms with Gasteiger partial charge in [0.1, 0.15) is 0 Å². The van der Waals surface area contributed by atoms with Crippen LogP contribution in [-0.2, 0) is 44.7 Å². The molecule has 19 aromatic rings. The lowest BCUT2D eigenvalue weighted by Crippen LogP contribution is -2.61. The van der Waals surface area contributed by atoms with Crippen molar-refractivity contribution < 1.29 is 13.7 Å². The maximum absolute atomic E-state index is 11.5. The van der Waals surface area contributed by atoms with Crippen molar-refractivity contribution >= 4 is 101 Å². The van der Waals surface area contributed by atoms with E-state index < -0.39 is 65.7 Å². The zero-order valence-electron chi connectivity index (χ0n) is 96.4. The maximum atomic E-state index is 11.5. The summed E-state index contributed by atoms with van der Waals surface area (Å²) >= 11 is 0. The van der Waals surface area contributed by atoms with Gasteiger partial charge >= 0.3 is 0 Å². The van der Waals surface area contributed by atoms with Crippen molar-refractivity contribution in [3.8, 4) is 100 Å². The molecule has 4 nitrogen and oxygen atoms in total. The predicted octanol–water partition coefficient (Wildman–Crippen LogP) is 36.4. The fourth-order valence-electron chi connectivity index (χ4n) is 22.0. The zero-order chi connectivity index (χ0) is 108. The summed E-state index contributed by atoms with van der Waals surface area (Å²) in [7, 11) is 0. The molecule has 0 bridgehead atoms. The minimum Gasteiger partial charge on any atom is -0.310 e. The maximum Gasteiger partial charge on any atom is 0.252 e. The molecule has 0 saturated heterocycles. The standard InChI is InChI=1S/C137H137BN4/c1-131(2,3)82-89-38-34-50-104(66-89)110-70-93(86-135(13,14)15)71-111(105-51-35-39-90(67-105)83-132(4,5)6)129(110)141-124-80-108(139-120-62-54-100(96-42-26-22-27-43-96)76-114(120)115-77-101(55-63-121(115)139)97-44-28-23-29-45-97)58-60-118(124)138-119-61-59-109(140-122-64-56-102(98-46-30-24-31-47-98)78-116(122)117-79-103(57-65-123(117)140)99-48-32-25-33-49-99)81-125(119)142(127-75-95(88-137(19,20)21)74-126(141)128(127)138)130-112(106-52-36-40-91(68-106)84-133(7,8)9)72-94(87-136(16,17)18)73-113(130)107-53-37-41-92(69-107)85-134(10,11)12/h22-81H,82-88H2,1-21H3/i82D2,83D2,84D2,85D2,88D2. The molecule has 708 valence electrons. The first kappa shape index (κ1) is 82.7. The monoisotopic (exact) mass is 1860 g/mol. The largest absolute Gasteiger partial charge is 0.310 e. The van der Waals surface area contributed by atoms with Gasteiger partial charge in [-0.3, -0.25) is 0 Å². The van der Waals surface area contributed by atoms with Crippen LogP contribution < -0.4 is 26.2 Å². The van der Waals surface area contributed by atoms with Gasteiger partial charge in [0.25, 0.3) is 6.71 Å². The van der Waals surface area contributed by atoms with E-state index in [-0.39, 0.29) is 10.8 Å². The smallest absolute Gasteiger partial charge is 0.252 e. The van der Waals surface area contributed by atoms with Crippen LogP contribution in [0.2, 0.25) is 0 Å². The Balaban J connectivity index is 0.986. The highest BCUT2D eigenvalue weighted by Gasteiger charge is 2.47. The lowest BCUT2D eigenvalue weighted by Gasteiger charge is -2.46. The van der Waals surface area contributed by atoms with E-state index in [9.17, 15) is 13.7 Å². The average molecular weight is 1860 g/mol. The lowest BCUT2D eigenvalue weighted by atomic mass is 9.33. The van der Waals surface area contributed by atoms with Crippen LogP contribution in [0.15, 0.2) is 364 Å². The summed E-state index contributed by atoms with van der Waals surface area (Å²) < 4.78 is 110. The van der Waals surface area contributed by atoms with Crippen molar-refractivity contribution in [3.63, 3.8) is 0 Å². The molecule has 17 aromatic carbocycles. The summed E-state index contributed by atoms with van der Waals surface area (Å²) in [5.41, 5.74) is 26.3. The van der Waals surface area contributed by atoms with E-state index >= 15 is 0 Å². The molecule has 0 aliphatic carbocycles. The molecule has 0 N–H and O–H groups in total. The summed E-state index contributed by atoms with van der Waals surface area (Å²) in [5, 5.41) is 4.22. The molecule has 4 heterocycles. The first-order valence-electron chi connectivity index (χ1n) is 55.8. The summed E-state index contributed by atoms with van der Waals surface area (Å²) in [6.45, 7) is 42.3. The fourth-order valence-corrected chi connectivity index (χ4v) is 22.0. The van der Waals surface area contributed by atoms with Gasteiger partial charge in [-0.25, -0.2) is 0 Å². The van der Waals surface area contributed by atoms with Crippen molar-refractivity contribution in [2.75, 3.05) is 9.80 Å². The topological polar surface area (TPSA) is 16.3 Å². The zero-order valence-corrected chi connectivity index (χ0v) is 86.4. The van der Waals surface area contributed by atoms with Crippen LogP contribution in [0.25, 0.3) is 144 Å². The molecule has 21 rings (SSSR count). The Kier molecular flexibility index (Phi) is 21.1. The van der Waals surface area contributed by atoms with E-state index in [2.05, 4.69) is 376 Å². The Morgan fingerprint density at radius 1 is 0.204 bits per heavy atom. The van der Waals surface area contributed by atoms with Crippen molar-refractivity contribution in [2.24, 2.45) is 37.9 Å². The summed E-state index contributed by atoms with van der Waals surface area (Å²) in [6.07, 6.45) is -8.49. The Labute approximate surface area is 859 Å². The lowest BCUT2D eigenvalue weighted by molar-refractivity contribution is 0.410. The molecule has 0 spiro atoms. The van der Waals surface area contributed by atoms with E-state index in [0.29, 0.717) is 63.4 Å². The van der Waals surface area contributed by atoms with E-state index in [4.69, 9.17) is 0 Å². The summed E-state index contributed by atoms with van der Waals surface area (Å²) in [5.74, 6) is 0. The molecule has 142 heavy (non-hydrogen) atoms. The first-order chi connectivity index (χ1) is 71.5. The quantitative estimate of drug-likeness (QED) is 0.0750. The van der Waals surface area contributed by atoms with Crippen LogP contribution in [0, 0.1) is 37.9 Å². The number of anilines is 6. The third-order valence-corrected chi connectivity index (χ3v) is 27.1. The third-order valence-electron chi connectivity index (χ3n) is 27.1. The molecular formula is C137H137BN4. The van der Waals surface area contributed by atoms with Gasteiger partial charge in [-0.15, -0.1) is 0 Å². The SMILES string of the molecule is [2H]C([2H])(c1cccc(-c2cc(CC(C)(C)C)cc(-c3cccc(C([2H])([2H])C(C)(C)C)c3)c2N2c3cc(-n4c5ccc(-c6ccccc6)cc5c5cc(-c6ccccc6)ccc54)ccc3B3c4ccc(-n5c6ccc(-c7ccccc7)cc6c6cc(-c7ccccc7)ccc65)cc4N(c4c(-c5cccc(C([2H])([2H])C(C)(C)C)c5)cc(CC(C)(C)C)cc4-c4cccc(C([2H])([2H])C(C)(C)C)c4)c4cc(C([2H])([2H])C(C)(C)C)cc2c43)c1)C(C)(C)C. The second kappa shape index (κ2) is 36.2. The molecule has 0 radical (unpaired) electrons. The molecular weight excluding hydrogens is 1710 g/mol. The van der Waals surface area contributed by atoms with Crippen molar-refractivity contribution in [1.82, 2.24) is 9.13 Å². The van der Waals surface area contributed by atoms with Gasteiger partial charge in [-0.05, 0) is 314 Å². The molecule has 0 saturated carbocycles. The van der Waals surface area contributed by atoms with E-state index in [1.807, 2.05) is 152 Å². The molecule has 2 aliphatic rings. The molecule has 0 amide bonds. The number of aromatic nitrogens is 2. The van der Waals surface area contributed by atoms with Gasteiger partial charge in [0.05, 0.1) is 33.4 Å². The van der Waals surface area contributed by atoms with E-state index in [1.165, 1.54) is 0 Å². The number of rotatable bonds is 19. The summed E-state index contributed by atoms with van der Waals surface area (Å²) in [6, 6.07) is 130. The minimum absolute atomic E-state index is 0.303. The number of hydrogen-bond donors (Lipinski definition) is 0. The van der Waals surface area contributed by atoms with Gasteiger partial charge in [-0.2, -0.15) is 0 Å². The second-order valence-corrected chi connectivity index (χ2v) is 47.3. The summed E-state index contributed by atoms with van der Waals surface area (Å²) in [4.78, 5) is 4.89. The number of fused-ring (bicyclic) bond motifs is 10. The Morgan fingerprint density at radius 3 is 0.711 bits per heavy atom. The van der Waals surface area contributed by atoms with Crippen LogP contribution in [-0.4, -0.2) is 15.8 Å². The van der Waals surface area contributed by atoms with Gasteiger partial charge in [0, 0.05) is 91.6 Å². The van der Waals surface area contributed by atoms with Gasteiger partial charge in [-0.1, -0.05) is 400 Å². The van der Waals surface area contributed by atoms with Crippen molar-refractivity contribution in [2.45, 2.75) is 190 Å². The molecule has 0 unspecified atom stereocenters. The van der Waals surface area contributed by atoms with Crippen LogP contribution in [0.3, 0.4) is 0 Å². The Bertz CT molecular complexity index is 7760. The van der Waals surface area contributed by atoms with Crippen LogP contribution >= 0.6 is 0 Å². The molecule has 2 aromatic heterocycles. The molecule has 0 atom stereocenters. The Hall–Kier alpha value is -14.0. The second-order valence-electron chi connectivity index (χ2n) is 47.3.